The predicted molar refractivity (Wildman–Crippen MR) is 116 cm³/mol. The van der Waals surface area contributed by atoms with Gasteiger partial charge in [0.1, 0.15) is 5.78 Å². The maximum Gasteiger partial charge on any atom is 0.335 e. The van der Waals surface area contributed by atoms with Crippen molar-refractivity contribution in [3.05, 3.63) is 82.5 Å². The highest BCUT2D eigenvalue weighted by molar-refractivity contribution is 6.30. The number of aromatic carboxylic acids is 1. The fourth-order valence-electron chi connectivity index (χ4n) is 3.15. The third-order valence-electron chi connectivity index (χ3n) is 4.69. The Labute approximate surface area is 180 Å². The van der Waals surface area contributed by atoms with Crippen molar-refractivity contribution in [3.8, 4) is 17.0 Å². The minimum absolute atomic E-state index is 0.0282. The number of pyridine rings is 1. The average Bonchev–Trinajstić information content (AvgIpc) is 2.73. The number of carboxylic acids is 1. The molecule has 6 heteroatoms. The molecule has 0 spiro atoms. The predicted octanol–water partition coefficient (Wildman–Crippen LogP) is 5.24. The Kier molecular flexibility index (Phi) is 7.20. The van der Waals surface area contributed by atoms with Crippen LogP contribution in [0.15, 0.2) is 60.8 Å². The molecule has 30 heavy (non-hydrogen) atoms. The maximum atomic E-state index is 12.4. The minimum Gasteiger partial charge on any atom is -0.478 e. The first-order valence-corrected chi connectivity index (χ1v) is 10.1. The number of Topliss-reactive ketones (excluding diaryl/α,β-unsaturated/α-hetero) is 1. The van der Waals surface area contributed by atoms with Gasteiger partial charge in [0.05, 0.1) is 12.2 Å². The van der Waals surface area contributed by atoms with Gasteiger partial charge < -0.3 is 9.84 Å². The number of carbonyl (C=O) groups is 2. The lowest BCUT2D eigenvalue weighted by atomic mass is 9.98. The zero-order valence-corrected chi connectivity index (χ0v) is 17.4. The van der Waals surface area contributed by atoms with E-state index in [9.17, 15) is 14.7 Å². The van der Waals surface area contributed by atoms with Gasteiger partial charge in [-0.25, -0.2) is 9.78 Å². The first-order chi connectivity index (χ1) is 14.5. The van der Waals surface area contributed by atoms with Crippen LogP contribution in [0.5, 0.6) is 5.88 Å². The van der Waals surface area contributed by atoms with E-state index in [2.05, 4.69) is 4.98 Å². The number of halogens is 1. The first-order valence-electron chi connectivity index (χ1n) is 9.68. The van der Waals surface area contributed by atoms with E-state index in [0.29, 0.717) is 35.9 Å². The van der Waals surface area contributed by atoms with Gasteiger partial charge in [-0.3, -0.25) is 4.79 Å². The minimum atomic E-state index is -1.06. The molecule has 0 saturated carbocycles. The Morgan fingerprint density at radius 3 is 2.40 bits per heavy atom. The zero-order chi connectivity index (χ0) is 21.5. The second kappa shape index (κ2) is 10.0. The average molecular weight is 424 g/mol. The summed E-state index contributed by atoms with van der Waals surface area (Å²) in [7, 11) is 0. The molecule has 0 atom stereocenters. The number of hydrogen-bond acceptors (Lipinski definition) is 4. The van der Waals surface area contributed by atoms with Gasteiger partial charge in [-0.15, -0.1) is 0 Å². The number of ether oxygens (including phenoxy) is 1. The number of aromatic nitrogens is 1. The number of aryl methyl sites for hydroxylation is 1. The molecule has 0 bridgehead atoms. The monoisotopic (exact) mass is 423 g/mol. The number of rotatable bonds is 9. The summed E-state index contributed by atoms with van der Waals surface area (Å²) in [5.74, 6) is -0.490. The Morgan fingerprint density at radius 1 is 1.03 bits per heavy atom. The number of benzene rings is 2. The SMILES string of the molecule is CCOc1ccc(-c2ccc(CCC(=O)Cc3cc(Cl)ccc3C(=O)O)cc2)cn1. The van der Waals surface area contributed by atoms with Crippen molar-refractivity contribution < 1.29 is 19.4 Å². The molecule has 5 nitrogen and oxygen atoms in total. The molecule has 1 N–H and O–H groups in total. The van der Waals surface area contributed by atoms with Crippen LogP contribution in [0.25, 0.3) is 11.1 Å². The van der Waals surface area contributed by atoms with E-state index in [1.165, 1.54) is 12.1 Å². The lowest BCUT2D eigenvalue weighted by Gasteiger charge is -2.08. The van der Waals surface area contributed by atoms with Crippen molar-refractivity contribution in [2.24, 2.45) is 0 Å². The lowest BCUT2D eigenvalue weighted by molar-refractivity contribution is -0.118. The molecular weight excluding hydrogens is 402 g/mol. The number of hydrogen-bond donors (Lipinski definition) is 1. The molecule has 2 aromatic carbocycles. The van der Waals surface area contributed by atoms with Gasteiger partial charge in [-0.05, 0) is 54.3 Å². The number of ketones is 1. The third kappa shape index (κ3) is 5.67. The van der Waals surface area contributed by atoms with E-state index >= 15 is 0 Å². The Morgan fingerprint density at radius 2 is 1.77 bits per heavy atom. The number of carbonyl (C=O) groups excluding carboxylic acids is 1. The van der Waals surface area contributed by atoms with Crippen LogP contribution in [-0.2, 0) is 17.6 Å². The van der Waals surface area contributed by atoms with Crippen molar-refractivity contribution in [3.63, 3.8) is 0 Å². The second-order valence-electron chi connectivity index (χ2n) is 6.84. The molecule has 0 unspecified atom stereocenters. The molecule has 0 amide bonds. The van der Waals surface area contributed by atoms with E-state index in [-0.39, 0.29) is 17.8 Å². The first kappa shape index (κ1) is 21.5. The molecule has 0 fully saturated rings. The summed E-state index contributed by atoms with van der Waals surface area (Å²) in [5, 5.41) is 9.69. The zero-order valence-electron chi connectivity index (χ0n) is 16.6. The Bertz CT molecular complexity index is 1030. The molecule has 1 aromatic heterocycles. The Hall–Kier alpha value is -3.18. The van der Waals surface area contributed by atoms with Gasteiger partial charge in [0.2, 0.25) is 5.88 Å². The van der Waals surface area contributed by atoms with Crippen molar-refractivity contribution in [1.29, 1.82) is 0 Å². The molecule has 0 aliphatic carbocycles. The smallest absolute Gasteiger partial charge is 0.335 e. The molecule has 154 valence electrons. The molecule has 0 aliphatic rings. The van der Waals surface area contributed by atoms with Crippen LogP contribution in [-0.4, -0.2) is 28.4 Å². The molecule has 0 radical (unpaired) electrons. The number of nitrogens with zero attached hydrogens (tertiary/aromatic N) is 1. The van der Waals surface area contributed by atoms with E-state index in [1.807, 2.05) is 43.3 Å². The normalized spacial score (nSPS) is 10.6. The highest BCUT2D eigenvalue weighted by atomic mass is 35.5. The number of carboxylic acid groups (broad SMARTS) is 1. The van der Waals surface area contributed by atoms with E-state index in [0.717, 1.165) is 16.7 Å². The van der Waals surface area contributed by atoms with Gasteiger partial charge >= 0.3 is 5.97 Å². The summed E-state index contributed by atoms with van der Waals surface area (Å²) in [6, 6.07) is 16.3. The van der Waals surface area contributed by atoms with E-state index < -0.39 is 5.97 Å². The summed E-state index contributed by atoms with van der Waals surface area (Å²) in [5.41, 5.74) is 3.61. The largest absolute Gasteiger partial charge is 0.478 e. The van der Waals surface area contributed by atoms with Crippen molar-refractivity contribution in [2.45, 2.75) is 26.2 Å². The molecule has 3 rings (SSSR count). The van der Waals surface area contributed by atoms with Crippen LogP contribution in [0, 0.1) is 0 Å². The van der Waals surface area contributed by atoms with Gasteiger partial charge in [0.25, 0.3) is 0 Å². The fraction of sp³-hybridized carbons (Fsp3) is 0.208. The van der Waals surface area contributed by atoms with Crippen LogP contribution in [0.1, 0.15) is 34.8 Å². The van der Waals surface area contributed by atoms with Crippen molar-refractivity contribution in [2.75, 3.05) is 6.61 Å². The van der Waals surface area contributed by atoms with Gasteiger partial charge in [0, 0.05) is 35.7 Å². The topological polar surface area (TPSA) is 76.5 Å². The Balaban J connectivity index is 1.59. The van der Waals surface area contributed by atoms with E-state index in [1.54, 1.807) is 12.3 Å². The van der Waals surface area contributed by atoms with Crippen LogP contribution in [0.2, 0.25) is 5.02 Å². The quantitative estimate of drug-likeness (QED) is 0.509. The summed E-state index contributed by atoms with van der Waals surface area (Å²) < 4.78 is 5.36. The van der Waals surface area contributed by atoms with Gasteiger partial charge in [0.15, 0.2) is 0 Å². The highest BCUT2D eigenvalue weighted by Crippen LogP contribution is 2.22. The van der Waals surface area contributed by atoms with Gasteiger partial charge in [-0.2, -0.15) is 0 Å². The summed E-state index contributed by atoms with van der Waals surface area (Å²) in [6.07, 6.45) is 2.74. The molecule has 0 saturated heterocycles. The molecule has 3 aromatic rings. The van der Waals surface area contributed by atoms with Crippen LogP contribution >= 0.6 is 11.6 Å². The highest BCUT2D eigenvalue weighted by Gasteiger charge is 2.14. The van der Waals surface area contributed by atoms with Crippen LogP contribution < -0.4 is 4.74 Å². The van der Waals surface area contributed by atoms with E-state index in [4.69, 9.17) is 16.3 Å². The standard InChI is InChI=1S/C24H22ClNO4/c1-2-30-23-12-8-18(15-26-23)17-6-3-16(4-7-17)5-10-21(27)14-19-13-20(25)9-11-22(19)24(28)29/h3-4,6-9,11-13,15H,2,5,10,14H2,1H3,(H,28,29). The fourth-order valence-corrected chi connectivity index (χ4v) is 3.34. The van der Waals surface area contributed by atoms with Crippen molar-refractivity contribution >= 4 is 23.4 Å². The van der Waals surface area contributed by atoms with Crippen LogP contribution in [0.3, 0.4) is 0 Å². The molecular formula is C24H22ClNO4. The third-order valence-corrected chi connectivity index (χ3v) is 4.93. The lowest BCUT2D eigenvalue weighted by Crippen LogP contribution is -2.09. The van der Waals surface area contributed by atoms with Crippen LogP contribution in [0.4, 0.5) is 0 Å². The summed E-state index contributed by atoms with van der Waals surface area (Å²) >= 11 is 5.95. The maximum absolute atomic E-state index is 12.4. The molecule has 1 heterocycles. The summed E-state index contributed by atoms with van der Waals surface area (Å²) in [4.78, 5) is 28.0. The van der Waals surface area contributed by atoms with Gasteiger partial charge in [-0.1, -0.05) is 35.9 Å². The summed E-state index contributed by atoms with van der Waals surface area (Å²) in [6.45, 7) is 2.49. The second-order valence-corrected chi connectivity index (χ2v) is 7.27. The van der Waals surface area contributed by atoms with Crippen molar-refractivity contribution in [1.82, 2.24) is 4.98 Å². The molecule has 0 aliphatic heterocycles.